The van der Waals surface area contributed by atoms with Gasteiger partial charge in [-0.2, -0.15) is 0 Å². The van der Waals surface area contributed by atoms with Gasteiger partial charge >= 0.3 is 15.9 Å². The summed E-state index contributed by atoms with van der Waals surface area (Å²) >= 11 is -0.689. The van der Waals surface area contributed by atoms with Gasteiger partial charge in [0.2, 0.25) is 0 Å². The molecule has 4 heteroatoms. The zero-order valence-corrected chi connectivity index (χ0v) is 22.3. The molecule has 167 valence electrons. The standard InChI is InChI=1S/C27H40O3.Al/c1-16-12-18(22(28)20(14-16)25(3,4)5)24(30-27(9,10)11)19-13-17(2)15-21(23(19)29)26(6,7)8;/h12-15,24,28-29H,1-11H3;/q;+2/p-2. The number of benzene rings is 2. The number of hydrogen-bond acceptors (Lipinski definition) is 3. The number of fused-ring (bicyclic) bond motifs is 2. The van der Waals surface area contributed by atoms with E-state index in [4.69, 9.17) is 12.3 Å². The summed E-state index contributed by atoms with van der Waals surface area (Å²) in [4.78, 5) is 0. The summed E-state index contributed by atoms with van der Waals surface area (Å²) in [6.45, 7) is 24.0. The Morgan fingerprint density at radius 1 is 0.677 bits per heavy atom. The second-order valence-electron chi connectivity index (χ2n) is 11.9. The van der Waals surface area contributed by atoms with Gasteiger partial charge < -0.3 is 12.3 Å². The Labute approximate surface area is 195 Å². The highest BCUT2D eigenvalue weighted by Gasteiger charge is 2.35. The summed E-state index contributed by atoms with van der Waals surface area (Å²) < 4.78 is 19.6. The highest BCUT2D eigenvalue weighted by Crippen LogP contribution is 2.48. The Morgan fingerprint density at radius 3 is 1.39 bits per heavy atom. The van der Waals surface area contributed by atoms with E-state index in [1.807, 2.05) is 0 Å². The zero-order valence-electron chi connectivity index (χ0n) is 21.2. The number of rotatable bonds is 1. The maximum atomic E-state index is 6.76. The van der Waals surface area contributed by atoms with Gasteiger partial charge in [-0.15, -0.1) is 0 Å². The van der Waals surface area contributed by atoms with E-state index in [0.29, 0.717) is 0 Å². The molecule has 0 amide bonds. The van der Waals surface area contributed by atoms with Crippen molar-refractivity contribution in [1.29, 1.82) is 0 Å². The lowest BCUT2D eigenvalue weighted by molar-refractivity contribution is -0.0445. The van der Waals surface area contributed by atoms with E-state index in [0.717, 1.165) is 22.6 Å². The molecule has 0 N–H and O–H groups in total. The van der Waals surface area contributed by atoms with Gasteiger partial charge in [0, 0.05) is 11.1 Å². The minimum absolute atomic E-state index is 0.0486. The molecular weight excluding hydrogens is 399 g/mol. The van der Waals surface area contributed by atoms with Crippen molar-refractivity contribution < 1.29 is 12.3 Å². The molecule has 2 aromatic rings. The molecule has 0 saturated carbocycles. The van der Waals surface area contributed by atoms with Gasteiger partial charge in [0.15, 0.2) is 0 Å². The van der Waals surface area contributed by atoms with Crippen LogP contribution in [0.5, 0.6) is 11.5 Å². The first-order valence-electron chi connectivity index (χ1n) is 11.2. The fraction of sp³-hybridized carbons (Fsp3) is 0.556. The van der Waals surface area contributed by atoms with E-state index in [1.165, 1.54) is 22.3 Å². The molecule has 0 spiro atoms. The third kappa shape index (κ3) is 5.31. The molecule has 0 saturated heterocycles. The molecule has 1 heterocycles. The minimum atomic E-state index is -0.689. The van der Waals surface area contributed by atoms with Gasteiger partial charge in [-0.25, -0.2) is 0 Å². The largest absolute Gasteiger partial charge is 0.881 e. The summed E-state index contributed by atoms with van der Waals surface area (Å²) in [6, 6.07) is 8.95. The first kappa shape index (κ1) is 24.2. The third-order valence-electron chi connectivity index (χ3n) is 5.51. The van der Waals surface area contributed by atoms with E-state index in [-0.39, 0.29) is 22.5 Å². The quantitative estimate of drug-likeness (QED) is 0.445. The topological polar surface area (TPSA) is 27.7 Å². The van der Waals surface area contributed by atoms with Gasteiger partial charge in [-0.05, 0) is 68.7 Å². The van der Waals surface area contributed by atoms with Gasteiger partial charge in [0.25, 0.3) is 0 Å². The van der Waals surface area contributed by atoms with E-state index in [9.17, 15) is 0 Å². The number of ether oxygens (including phenoxy) is 1. The van der Waals surface area contributed by atoms with Crippen LogP contribution in [-0.2, 0) is 15.6 Å². The molecular formula is C27H38AlO3. The van der Waals surface area contributed by atoms with Crippen LogP contribution in [0.1, 0.15) is 102 Å². The molecule has 1 radical (unpaired) electrons. The first-order chi connectivity index (χ1) is 14.1. The first-order valence-corrected chi connectivity index (χ1v) is 12.1. The molecule has 0 bridgehead atoms. The zero-order chi connectivity index (χ0) is 23.4. The van der Waals surface area contributed by atoms with E-state index < -0.39 is 15.9 Å². The van der Waals surface area contributed by atoms with Crippen LogP contribution in [0.15, 0.2) is 24.3 Å². The number of hydrogen-bond donors (Lipinski definition) is 0. The summed E-state index contributed by atoms with van der Waals surface area (Å²) in [5, 5.41) is 0. The Balaban J connectivity index is 2.38. The average molecular weight is 438 g/mol. The molecule has 3 rings (SSSR count). The van der Waals surface area contributed by atoms with Crippen LogP contribution in [0.4, 0.5) is 0 Å². The van der Waals surface area contributed by atoms with Crippen molar-refractivity contribution in [3.05, 3.63) is 57.6 Å². The van der Waals surface area contributed by atoms with Crippen molar-refractivity contribution in [2.24, 2.45) is 0 Å². The van der Waals surface area contributed by atoms with Crippen LogP contribution in [0, 0.1) is 13.8 Å². The van der Waals surface area contributed by atoms with Crippen molar-refractivity contribution in [2.45, 2.75) is 98.7 Å². The number of aryl methyl sites for hydroxylation is 2. The lowest BCUT2D eigenvalue weighted by Crippen LogP contribution is -2.29. The van der Waals surface area contributed by atoms with Crippen LogP contribution >= 0.6 is 0 Å². The summed E-state index contributed by atoms with van der Waals surface area (Å²) in [5.74, 6) is 1.85. The monoisotopic (exact) mass is 437 g/mol. The molecule has 3 nitrogen and oxygen atoms in total. The van der Waals surface area contributed by atoms with Crippen LogP contribution in [0.3, 0.4) is 0 Å². The summed E-state index contributed by atoms with van der Waals surface area (Å²) in [6.07, 6.45) is -0.272. The maximum Gasteiger partial charge on any atom is 0.881 e. The molecule has 1 aliphatic rings. The second kappa shape index (κ2) is 8.14. The molecule has 0 unspecified atom stereocenters. The van der Waals surface area contributed by atoms with E-state index in [2.05, 4.69) is 100 Å². The Morgan fingerprint density at radius 2 is 1.06 bits per heavy atom. The fourth-order valence-corrected chi connectivity index (χ4v) is 4.90. The van der Waals surface area contributed by atoms with Crippen LogP contribution < -0.4 is 7.58 Å². The van der Waals surface area contributed by atoms with Crippen molar-refractivity contribution in [3.8, 4) is 11.5 Å². The third-order valence-corrected chi connectivity index (χ3v) is 6.17. The van der Waals surface area contributed by atoms with E-state index >= 15 is 0 Å². The Hall–Kier alpha value is -1.47. The van der Waals surface area contributed by atoms with Gasteiger partial charge in [0.05, 0.1) is 17.1 Å². The summed E-state index contributed by atoms with van der Waals surface area (Å²) in [5.41, 5.74) is 6.61. The fourth-order valence-electron chi connectivity index (χ4n) is 4.14. The summed E-state index contributed by atoms with van der Waals surface area (Å²) in [7, 11) is 0. The smallest absolute Gasteiger partial charge is 0.615 e. The van der Waals surface area contributed by atoms with Gasteiger partial charge in [0.1, 0.15) is 6.10 Å². The lowest BCUT2D eigenvalue weighted by atomic mass is 9.80. The van der Waals surface area contributed by atoms with Crippen LogP contribution in [0.2, 0.25) is 0 Å². The highest BCUT2D eigenvalue weighted by atomic mass is 27.2. The minimum Gasteiger partial charge on any atom is -0.615 e. The average Bonchev–Trinajstić information content (AvgIpc) is 2.57. The second-order valence-corrected chi connectivity index (χ2v) is 12.6. The maximum absolute atomic E-state index is 6.76. The van der Waals surface area contributed by atoms with E-state index in [1.54, 1.807) is 0 Å². The molecule has 0 atom stereocenters. The molecule has 31 heavy (non-hydrogen) atoms. The molecule has 0 aromatic heterocycles. The SMILES string of the molecule is Cc1cc2c(c(C(C)(C)C)c1)[O][Al][O]c1c(cc(C)cc1C(C)(C)C)C2OC(C)(C)C. The normalized spacial score (nSPS) is 15.1. The van der Waals surface area contributed by atoms with Gasteiger partial charge in [-0.1, -0.05) is 64.8 Å². The molecule has 1 aliphatic heterocycles. The molecule has 0 fully saturated rings. The van der Waals surface area contributed by atoms with Crippen molar-refractivity contribution in [2.75, 3.05) is 0 Å². The lowest BCUT2D eigenvalue weighted by Gasteiger charge is -2.37. The van der Waals surface area contributed by atoms with Crippen molar-refractivity contribution in [3.63, 3.8) is 0 Å². The predicted molar refractivity (Wildman–Crippen MR) is 129 cm³/mol. The Bertz CT molecular complexity index is 900. The predicted octanol–water partition coefficient (Wildman–Crippen LogP) is 7.11. The van der Waals surface area contributed by atoms with Gasteiger partial charge in [-0.3, -0.25) is 0 Å². The van der Waals surface area contributed by atoms with Crippen LogP contribution in [-0.4, -0.2) is 21.5 Å². The highest BCUT2D eigenvalue weighted by molar-refractivity contribution is 6.21. The Kier molecular flexibility index (Phi) is 6.35. The van der Waals surface area contributed by atoms with Crippen molar-refractivity contribution in [1.82, 2.24) is 0 Å². The van der Waals surface area contributed by atoms with Crippen LogP contribution in [0.25, 0.3) is 0 Å². The molecule has 2 aromatic carbocycles. The molecule has 0 aliphatic carbocycles. The van der Waals surface area contributed by atoms with Crippen molar-refractivity contribution >= 4 is 15.9 Å².